The maximum Gasteiger partial charge on any atom is 0.127 e. The molecule has 0 radical (unpaired) electrons. The zero-order valence-electron chi connectivity index (χ0n) is 16.1. The first kappa shape index (κ1) is 18.0. The number of azo groups is 1. The molecule has 3 unspecified atom stereocenters. The number of halogens is 1. The summed E-state index contributed by atoms with van der Waals surface area (Å²) in [5, 5.41) is 12.4. The highest BCUT2D eigenvalue weighted by atomic mass is 19.1. The Morgan fingerprint density at radius 1 is 1.14 bits per heavy atom. The van der Waals surface area contributed by atoms with Crippen LogP contribution in [0.25, 0.3) is 0 Å². The molecule has 5 heteroatoms. The molecule has 2 saturated heterocycles. The Hall–Kier alpha value is -2.11. The number of nitrogens with zero attached hydrogens (tertiary/aromatic N) is 3. The molecule has 1 N–H and O–H groups in total. The number of hydrogen-bond acceptors (Lipinski definition) is 4. The van der Waals surface area contributed by atoms with Crippen molar-refractivity contribution < 1.29 is 4.39 Å². The minimum atomic E-state index is -0.0998. The number of fused-ring (bicyclic) bond motifs is 2. The lowest BCUT2D eigenvalue weighted by atomic mass is 9.94. The Kier molecular flexibility index (Phi) is 4.95. The minimum Gasteiger partial charge on any atom is -0.312 e. The van der Waals surface area contributed by atoms with Crippen molar-refractivity contribution in [1.82, 2.24) is 10.2 Å². The molecule has 2 aromatic rings. The van der Waals surface area contributed by atoms with Crippen LogP contribution in [-0.4, -0.2) is 30.6 Å². The SMILES string of the molecule is Fc1ccc(CC2N=NCc3ccccc32)cc1CN1CC2CCCNC2C1. The predicted octanol–water partition coefficient (Wildman–Crippen LogP) is 4.26. The van der Waals surface area contributed by atoms with E-state index in [1.54, 1.807) is 6.07 Å². The topological polar surface area (TPSA) is 40.0 Å². The average molecular weight is 378 g/mol. The molecule has 3 aliphatic rings. The van der Waals surface area contributed by atoms with Gasteiger partial charge < -0.3 is 5.32 Å². The molecule has 0 aliphatic carbocycles. The van der Waals surface area contributed by atoms with E-state index in [2.05, 4.69) is 44.7 Å². The maximum absolute atomic E-state index is 14.5. The highest BCUT2D eigenvalue weighted by Crippen LogP contribution is 2.31. The third kappa shape index (κ3) is 3.61. The predicted molar refractivity (Wildman–Crippen MR) is 108 cm³/mol. The Morgan fingerprint density at radius 3 is 3.00 bits per heavy atom. The summed E-state index contributed by atoms with van der Waals surface area (Å²) in [5.41, 5.74) is 4.43. The zero-order chi connectivity index (χ0) is 18.9. The van der Waals surface area contributed by atoms with Crippen LogP contribution in [0, 0.1) is 11.7 Å². The molecule has 2 fully saturated rings. The van der Waals surface area contributed by atoms with Gasteiger partial charge in [0, 0.05) is 37.7 Å². The van der Waals surface area contributed by atoms with Gasteiger partial charge in [0.15, 0.2) is 0 Å². The molecule has 3 heterocycles. The van der Waals surface area contributed by atoms with E-state index in [0.717, 1.165) is 43.1 Å². The fourth-order valence-electron chi connectivity index (χ4n) is 5.04. The molecule has 0 amide bonds. The summed E-state index contributed by atoms with van der Waals surface area (Å²) in [5.74, 6) is 0.622. The van der Waals surface area contributed by atoms with E-state index < -0.39 is 0 Å². The van der Waals surface area contributed by atoms with Gasteiger partial charge in [0.2, 0.25) is 0 Å². The van der Waals surface area contributed by atoms with Crippen molar-refractivity contribution in [2.45, 2.75) is 44.4 Å². The first-order valence-electron chi connectivity index (χ1n) is 10.4. The van der Waals surface area contributed by atoms with Crippen molar-refractivity contribution in [2.24, 2.45) is 16.1 Å². The number of hydrogen-bond donors (Lipinski definition) is 1. The molecular formula is C23H27FN4. The van der Waals surface area contributed by atoms with E-state index in [4.69, 9.17) is 0 Å². The summed E-state index contributed by atoms with van der Waals surface area (Å²) in [6.45, 7) is 4.57. The van der Waals surface area contributed by atoms with E-state index in [-0.39, 0.29) is 11.9 Å². The highest BCUT2D eigenvalue weighted by Gasteiger charge is 2.34. The van der Waals surface area contributed by atoms with Gasteiger partial charge in [0.25, 0.3) is 0 Å². The quantitative estimate of drug-likeness (QED) is 0.864. The van der Waals surface area contributed by atoms with Crippen molar-refractivity contribution in [3.63, 3.8) is 0 Å². The average Bonchev–Trinajstić information content (AvgIpc) is 3.13. The molecule has 3 atom stereocenters. The van der Waals surface area contributed by atoms with Crippen LogP contribution in [0.15, 0.2) is 52.7 Å². The lowest BCUT2D eigenvalue weighted by Gasteiger charge is -2.24. The summed E-state index contributed by atoms with van der Waals surface area (Å²) < 4.78 is 14.5. The van der Waals surface area contributed by atoms with Gasteiger partial charge in [-0.3, -0.25) is 4.90 Å². The molecule has 146 valence electrons. The van der Waals surface area contributed by atoms with Crippen molar-refractivity contribution >= 4 is 0 Å². The van der Waals surface area contributed by atoms with Crippen LogP contribution in [-0.2, 0) is 19.5 Å². The van der Waals surface area contributed by atoms with Crippen LogP contribution in [0.1, 0.15) is 41.1 Å². The molecule has 28 heavy (non-hydrogen) atoms. The first-order chi connectivity index (χ1) is 13.8. The second-order valence-corrected chi connectivity index (χ2v) is 8.42. The van der Waals surface area contributed by atoms with Gasteiger partial charge in [-0.15, -0.1) is 0 Å². The number of piperidine rings is 1. The lowest BCUT2D eigenvalue weighted by Crippen LogP contribution is -2.40. The zero-order valence-corrected chi connectivity index (χ0v) is 16.1. The minimum absolute atomic E-state index is 0.0297. The standard InChI is InChI=1S/C23H27FN4/c24-21-8-7-16(11-22-20-6-2-1-4-17(20)12-26-27-22)10-19(21)14-28-13-18-5-3-9-25-23(18)15-28/h1-2,4,6-8,10,18,22-23,25H,3,5,9,11-15H2. The van der Waals surface area contributed by atoms with Crippen LogP contribution in [0.3, 0.4) is 0 Å². The molecule has 0 bridgehead atoms. The van der Waals surface area contributed by atoms with Gasteiger partial charge in [0.1, 0.15) is 11.9 Å². The largest absolute Gasteiger partial charge is 0.312 e. The van der Waals surface area contributed by atoms with Crippen LogP contribution in [0.2, 0.25) is 0 Å². The van der Waals surface area contributed by atoms with Gasteiger partial charge in [-0.25, -0.2) is 4.39 Å². The molecule has 0 spiro atoms. The highest BCUT2D eigenvalue weighted by molar-refractivity contribution is 5.34. The maximum atomic E-state index is 14.5. The third-order valence-electron chi connectivity index (χ3n) is 6.48. The molecular weight excluding hydrogens is 351 g/mol. The third-order valence-corrected chi connectivity index (χ3v) is 6.48. The second-order valence-electron chi connectivity index (χ2n) is 8.42. The smallest absolute Gasteiger partial charge is 0.127 e. The molecule has 0 aromatic heterocycles. The Labute approximate surface area is 165 Å². The summed E-state index contributed by atoms with van der Waals surface area (Å²) >= 11 is 0. The van der Waals surface area contributed by atoms with Crippen molar-refractivity contribution in [3.8, 4) is 0 Å². The Balaban J connectivity index is 1.31. The fraction of sp³-hybridized carbons (Fsp3) is 0.478. The number of nitrogens with one attached hydrogen (secondary N) is 1. The number of likely N-dealkylation sites (tertiary alicyclic amines) is 1. The molecule has 0 saturated carbocycles. The van der Waals surface area contributed by atoms with Gasteiger partial charge in [-0.1, -0.05) is 36.4 Å². The van der Waals surface area contributed by atoms with E-state index in [9.17, 15) is 4.39 Å². The lowest BCUT2D eigenvalue weighted by molar-refractivity contribution is 0.308. The van der Waals surface area contributed by atoms with Gasteiger partial charge in [-0.2, -0.15) is 10.2 Å². The van der Waals surface area contributed by atoms with Gasteiger partial charge >= 0.3 is 0 Å². The van der Waals surface area contributed by atoms with Crippen molar-refractivity contribution in [2.75, 3.05) is 19.6 Å². The van der Waals surface area contributed by atoms with Crippen LogP contribution >= 0.6 is 0 Å². The van der Waals surface area contributed by atoms with E-state index in [0.29, 0.717) is 19.1 Å². The van der Waals surface area contributed by atoms with Crippen molar-refractivity contribution in [1.29, 1.82) is 0 Å². The summed E-state index contributed by atoms with van der Waals surface area (Å²) in [6, 6.07) is 14.5. The van der Waals surface area contributed by atoms with Gasteiger partial charge in [-0.05, 0) is 48.1 Å². The number of rotatable bonds is 4. The Bertz CT molecular complexity index is 867. The molecule has 3 aliphatic heterocycles. The normalized spacial score (nSPS) is 26.8. The van der Waals surface area contributed by atoms with E-state index >= 15 is 0 Å². The first-order valence-corrected chi connectivity index (χ1v) is 10.4. The van der Waals surface area contributed by atoms with E-state index in [1.807, 2.05) is 12.1 Å². The van der Waals surface area contributed by atoms with Crippen molar-refractivity contribution in [3.05, 3.63) is 70.5 Å². The molecule has 5 rings (SSSR count). The van der Waals surface area contributed by atoms with Crippen LogP contribution in [0.5, 0.6) is 0 Å². The summed E-state index contributed by atoms with van der Waals surface area (Å²) in [7, 11) is 0. The monoisotopic (exact) mass is 378 g/mol. The van der Waals surface area contributed by atoms with Crippen LogP contribution in [0.4, 0.5) is 4.39 Å². The second kappa shape index (κ2) is 7.72. The molecule has 2 aromatic carbocycles. The summed E-state index contributed by atoms with van der Waals surface area (Å²) in [6.07, 6.45) is 3.32. The van der Waals surface area contributed by atoms with Crippen LogP contribution < -0.4 is 5.32 Å². The molecule has 4 nitrogen and oxygen atoms in total. The van der Waals surface area contributed by atoms with Gasteiger partial charge in [0.05, 0.1) is 6.54 Å². The number of benzene rings is 2. The fourth-order valence-corrected chi connectivity index (χ4v) is 5.04. The summed E-state index contributed by atoms with van der Waals surface area (Å²) in [4.78, 5) is 2.41. The van der Waals surface area contributed by atoms with E-state index in [1.165, 1.54) is 24.0 Å². The Morgan fingerprint density at radius 2 is 2.07 bits per heavy atom.